The maximum atomic E-state index is 11.9. The van der Waals surface area contributed by atoms with Crippen molar-refractivity contribution in [3.63, 3.8) is 0 Å². The number of nitrogens with one attached hydrogen (secondary N) is 1. The van der Waals surface area contributed by atoms with Gasteiger partial charge in [-0.05, 0) is 43.5 Å². The molecular formula is C13H18N2O4S. The number of amides is 1. The molecule has 0 aromatic heterocycles. The Balaban J connectivity index is 1.92. The van der Waals surface area contributed by atoms with Crippen LogP contribution >= 0.6 is 0 Å². The molecule has 1 aliphatic rings. The van der Waals surface area contributed by atoms with Gasteiger partial charge in [-0.15, -0.1) is 0 Å². The van der Waals surface area contributed by atoms with Crippen LogP contribution in [-0.4, -0.2) is 33.6 Å². The van der Waals surface area contributed by atoms with Gasteiger partial charge < -0.3 is 10.1 Å². The van der Waals surface area contributed by atoms with E-state index in [1.807, 2.05) is 0 Å². The Morgan fingerprint density at radius 3 is 2.55 bits per heavy atom. The van der Waals surface area contributed by atoms with Crippen molar-refractivity contribution in [2.24, 2.45) is 5.14 Å². The molecule has 0 spiro atoms. The van der Waals surface area contributed by atoms with Gasteiger partial charge in [0, 0.05) is 18.7 Å². The van der Waals surface area contributed by atoms with Crippen LogP contribution < -0.4 is 10.5 Å². The van der Waals surface area contributed by atoms with E-state index in [1.54, 1.807) is 0 Å². The fraction of sp³-hybridized carbons (Fsp3) is 0.462. The molecule has 7 heteroatoms. The summed E-state index contributed by atoms with van der Waals surface area (Å²) in [6, 6.07) is 5.52. The number of nitrogens with two attached hydrogens (primary N) is 1. The summed E-state index contributed by atoms with van der Waals surface area (Å²) in [5.41, 5.74) is 0.396. The lowest BCUT2D eigenvalue weighted by Crippen LogP contribution is -2.35. The lowest BCUT2D eigenvalue weighted by atomic mass is 10.1. The molecule has 20 heavy (non-hydrogen) atoms. The Hall–Kier alpha value is -1.44. The molecule has 1 fully saturated rings. The summed E-state index contributed by atoms with van der Waals surface area (Å²) in [7, 11) is -3.73. The van der Waals surface area contributed by atoms with E-state index in [9.17, 15) is 13.2 Å². The molecule has 0 radical (unpaired) electrons. The third-order valence-corrected chi connectivity index (χ3v) is 4.14. The smallest absolute Gasteiger partial charge is 0.251 e. The van der Waals surface area contributed by atoms with Crippen LogP contribution in [0.15, 0.2) is 29.2 Å². The first-order valence-electron chi connectivity index (χ1n) is 6.49. The third kappa shape index (κ3) is 4.03. The zero-order valence-electron chi connectivity index (χ0n) is 11.0. The fourth-order valence-electron chi connectivity index (χ4n) is 2.07. The quantitative estimate of drug-likeness (QED) is 0.852. The maximum Gasteiger partial charge on any atom is 0.251 e. The second kappa shape index (κ2) is 6.34. The van der Waals surface area contributed by atoms with Crippen molar-refractivity contribution in [1.82, 2.24) is 5.32 Å². The Kier molecular flexibility index (Phi) is 4.74. The fourth-order valence-corrected chi connectivity index (χ4v) is 2.59. The SMILES string of the molecule is NS(=O)(=O)c1ccc(C(=O)NCC2CCCCO2)cc1. The van der Waals surface area contributed by atoms with Crippen molar-refractivity contribution in [2.45, 2.75) is 30.3 Å². The van der Waals surface area contributed by atoms with Crippen molar-refractivity contribution in [3.8, 4) is 0 Å². The topological polar surface area (TPSA) is 98.5 Å². The van der Waals surface area contributed by atoms with Crippen LogP contribution in [-0.2, 0) is 14.8 Å². The molecule has 1 atom stereocenters. The highest BCUT2D eigenvalue weighted by molar-refractivity contribution is 7.89. The average Bonchev–Trinajstić information content (AvgIpc) is 2.45. The minimum Gasteiger partial charge on any atom is -0.376 e. The van der Waals surface area contributed by atoms with E-state index in [0.29, 0.717) is 12.1 Å². The van der Waals surface area contributed by atoms with Gasteiger partial charge in [-0.2, -0.15) is 0 Å². The van der Waals surface area contributed by atoms with Crippen molar-refractivity contribution in [3.05, 3.63) is 29.8 Å². The normalized spacial score (nSPS) is 19.6. The second-order valence-electron chi connectivity index (χ2n) is 4.77. The molecule has 1 aromatic rings. The number of carbonyl (C=O) groups excluding carboxylic acids is 1. The third-order valence-electron chi connectivity index (χ3n) is 3.21. The van der Waals surface area contributed by atoms with Crippen molar-refractivity contribution in [1.29, 1.82) is 0 Å². The summed E-state index contributed by atoms with van der Waals surface area (Å²) in [4.78, 5) is 11.9. The number of rotatable bonds is 4. The van der Waals surface area contributed by atoms with Gasteiger partial charge >= 0.3 is 0 Å². The summed E-state index contributed by atoms with van der Waals surface area (Å²) in [5.74, 6) is -0.250. The molecule has 2 rings (SSSR count). The van der Waals surface area contributed by atoms with Crippen LogP contribution in [0.2, 0.25) is 0 Å². The van der Waals surface area contributed by atoms with E-state index in [0.717, 1.165) is 25.9 Å². The largest absolute Gasteiger partial charge is 0.376 e. The number of ether oxygens (including phenoxy) is 1. The molecule has 1 aromatic carbocycles. The molecule has 0 saturated carbocycles. The molecular weight excluding hydrogens is 280 g/mol. The monoisotopic (exact) mass is 298 g/mol. The van der Waals surface area contributed by atoms with Gasteiger partial charge in [-0.1, -0.05) is 0 Å². The lowest BCUT2D eigenvalue weighted by Gasteiger charge is -2.22. The number of sulfonamides is 1. The molecule has 1 heterocycles. The molecule has 110 valence electrons. The number of hydrogen-bond acceptors (Lipinski definition) is 4. The first-order chi connectivity index (χ1) is 9.47. The Morgan fingerprint density at radius 2 is 2.00 bits per heavy atom. The highest BCUT2D eigenvalue weighted by Crippen LogP contribution is 2.12. The maximum absolute atomic E-state index is 11.9. The van der Waals surface area contributed by atoms with Crippen LogP contribution in [0.4, 0.5) is 0 Å². The van der Waals surface area contributed by atoms with Gasteiger partial charge in [0.25, 0.3) is 5.91 Å². The van der Waals surface area contributed by atoms with Crippen molar-refractivity contribution >= 4 is 15.9 Å². The molecule has 0 aliphatic carbocycles. The van der Waals surface area contributed by atoms with Crippen molar-refractivity contribution in [2.75, 3.05) is 13.2 Å². The predicted octanol–water partition coefficient (Wildman–Crippen LogP) is 0.633. The number of benzene rings is 1. The van der Waals surface area contributed by atoms with E-state index in [-0.39, 0.29) is 16.9 Å². The standard InChI is InChI=1S/C13H18N2O4S/c14-20(17,18)12-6-4-10(5-7-12)13(16)15-9-11-3-1-2-8-19-11/h4-7,11H,1-3,8-9H2,(H,15,16)(H2,14,17,18). The van der Waals surface area contributed by atoms with E-state index in [4.69, 9.17) is 9.88 Å². The van der Waals surface area contributed by atoms with E-state index in [1.165, 1.54) is 24.3 Å². The second-order valence-corrected chi connectivity index (χ2v) is 6.33. The Labute approximate surface area is 118 Å². The molecule has 1 amide bonds. The van der Waals surface area contributed by atoms with Gasteiger partial charge in [0.1, 0.15) is 0 Å². The average molecular weight is 298 g/mol. The summed E-state index contributed by atoms with van der Waals surface area (Å²) in [6.07, 6.45) is 3.20. The minimum atomic E-state index is -3.73. The Morgan fingerprint density at radius 1 is 1.30 bits per heavy atom. The van der Waals surface area contributed by atoms with Gasteiger partial charge in [-0.25, -0.2) is 13.6 Å². The minimum absolute atomic E-state index is 0.00957. The molecule has 1 saturated heterocycles. The van der Waals surface area contributed by atoms with Gasteiger partial charge in [-0.3, -0.25) is 4.79 Å². The van der Waals surface area contributed by atoms with Crippen LogP contribution in [0.3, 0.4) is 0 Å². The van der Waals surface area contributed by atoms with E-state index in [2.05, 4.69) is 5.32 Å². The zero-order valence-corrected chi connectivity index (χ0v) is 11.9. The lowest BCUT2D eigenvalue weighted by molar-refractivity contribution is 0.0169. The number of primary sulfonamides is 1. The van der Waals surface area contributed by atoms with Gasteiger partial charge in [0.15, 0.2) is 0 Å². The summed E-state index contributed by atoms with van der Waals surface area (Å²) in [6.45, 7) is 1.21. The first-order valence-corrected chi connectivity index (χ1v) is 8.04. The molecule has 0 bridgehead atoms. The first kappa shape index (κ1) is 15.0. The number of hydrogen-bond donors (Lipinski definition) is 2. The highest BCUT2D eigenvalue weighted by atomic mass is 32.2. The van der Waals surface area contributed by atoms with Crippen molar-refractivity contribution < 1.29 is 17.9 Å². The van der Waals surface area contributed by atoms with Crippen LogP contribution in [0.1, 0.15) is 29.6 Å². The van der Waals surface area contributed by atoms with Crippen LogP contribution in [0.25, 0.3) is 0 Å². The highest BCUT2D eigenvalue weighted by Gasteiger charge is 2.15. The molecule has 1 aliphatic heterocycles. The summed E-state index contributed by atoms with van der Waals surface area (Å²) in [5, 5.41) is 7.78. The summed E-state index contributed by atoms with van der Waals surface area (Å²) >= 11 is 0. The van der Waals surface area contributed by atoms with Crippen LogP contribution in [0, 0.1) is 0 Å². The Bertz CT molecular complexity index is 563. The molecule has 1 unspecified atom stereocenters. The van der Waals surface area contributed by atoms with Gasteiger partial charge in [0.2, 0.25) is 10.0 Å². The van der Waals surface area contributed by atoms with E-state index >= 15 is 0 Å². The predicted molar refractivity (Wildman–Crippen MR) is 73.7 cm³/mol. The summed E-state index contributed by atoms with van der Waals surface area (Å²) < 4.78 is 27.7. The molecule has 3 N–H and O–H groups in total. The molecule has 6 nitrogen and oxygen atoms in total. The van der Waals surface area contributed by atoms with Gasteiger partial charge in [0.05, 0.1) is 11.0 Å². The zero-order chi connectivity index (χ0) is 14.6. The van der Waals surface area contributed by atoms with Crippen LogP contribution in [0.5, 0.6) is 0 Å². The van der Waals surface area contributed by atoms with E-state index < -0.39 is 10.0 Å². The number of carbonyl (C=O) groups is 1.